The van der Waals surface area contributed by atoms with Gasteiger partial charge < -0.3 is 4.42 Å². The van der Waals surface area contributed by atoms with E-state index in [0.717, 1.165) is 17.7 Å². The van der Waals surface area contributed by atoms with E-state index in [1.54, 1.807) is 12.3 Å². The lowest BCUT2D eigenvalue weighted by Crippen LogP contribution is -2.41. The number of furan rings is 1. The highest BCUT2D eigenvalue weighted by molar-refractivity contribution is 5.86. The maximum atomic E-state index is 14.0. The molecule has 0 unspecified atom stereocenters. The number of ketones is 1. The number of carbonyl (C=O) groups excluding carboxylic acids is 1. The molecule has 0 N–H and O–H groups in total. The fraction of sp³-hybridized carbons (Fsp3) is 0.458. The highest BCUT2D eigenvalue weighted by Gasteiger charge is 2.47. The molecule has 1 heterocycles. The van der Waals surface area contributed by atoms with Gasteiger partial charge in [-0.1, -0.05) is 56.2 Å². The molecule has 1 saturated carbocycles. The van der Waals surface area contributed by atoms with Crippen LogP contribution in [0.25, 0.3) is 6.08 Å². The fourth-order valence-electron chi connectivity index (χ4n) is 3.86. The maximum absolute atomic E-state index is 14.0. The molecule has 150 valence electrons. The van der Waals surface area contributed by atoms with Crippen molar-refractivity contribution in [2.45, 2.75) is 57.8 Å². The van der Waals surface area contributed by atoms with Gasteiger partial charge in [-0.3, -0.25) is 4.79 Å². The van der Waals surface area contributed by atoms with Gasteiger partial charge in [0.1, 0.15) is 5.76 Å². The van der Waals surface area contributed by atoms with Crippen molar-refractivity contribution in [1.82, 2.24) is 0 Å². The molecule has 1 aliphatic rings. The Hall–Kier alpha value is -2.23. The molecule has 0 radical (unpaired) electrons. The number of alkyl halides is 2. The molecule has 2 nitrogen and oxygen atoms in total. The standard InChI is InChI=1S/C24H28F2O2/c1-2-3-4-6-18-8-10-19(11-9-18)12-13-20-17-24(25,26)23(27)16-21(20)15-22-7-5-14-28-22/h5,7-14,20-21H,2-4,6,15-17H2,1H3/b13-12+/t20-,21-/m0/s1. The summed E-state index contributed by atoms with van der Waals surface area (Å²) in [5, 5.41) is 0. The molecule has 4 heteroatoms. The van der Waals surface area contributed by atoms with Crippen molar-refractivity contribution in [2.75, 3.05) is 0 Å². The minimum Gasteiger partial charge on any atom is -0.469 e. The highest BCUT2D eigenvalue weighted by Crippen LogP contribution is 2.40. The van der Waals surface area contributed by atoms with E-state index >= 15 is 0 Å². The van der Waals surface area contributed by atoms with Gasteiger partial charge in [-0.25, -0.2) is 0 Å². The second-order valence-corrected chi connectivity index (χ2v) is 7.80. The minimum absolute atomic E-state index is 0.112. The van der Waals surface area contributed by atoms with Crippen LogP contribution in [0.15, 0.2) is 53.2 Å². The summed E-state index contributed by atoms with van der Waals surface area (Å²) < 4.78 is 33.4. The van der Waals surface area contributed by atoms with Crippen molar-refractivity contribution >= 4 is 11.9 Å². The third kappa shape index (κ3) is 5.40. The van der Waals surface area contributed by atoms with Crippen molar-refractivity contribution in [3.63, 3.8) is 0 Å². The zero-order valence-electron chi connectivity index (χ0n) is 16.4. The number of hydrogen-bond donors (Lipinski definition) is 0. The first-order chi connectivity index (χ1) is 13.5. The van der Waals surface area contributed by atoms with Crippen LogP contribution in [0.2, 0.25) is 0 Å². The molecule has 28 heavy (non-hydrogen) atoms. The predicted octanol–water partition coefficient (Wildman–Crippen LogP) is 6.50. The summed E-state index contributed by atoms with van der Waals surface area (Å²) in [6.45, 7) is 2.19. The molecule has 0 bridgehead atoms. The SMILES string of the molecule is CCCCCc1ccc(/C=C/[C@H]2CC(F)(F)C(=O)C[C@@H]2Cc2ccco2)cc1. The van der Waals surface area contributed by atoms with E-state index in [0.29, 0.717) is 6.42 Å². The Bertz CT molecular complexity index is 775. The summed E-state index contributed by atoms with van der Waals surface area (Å²) in [7, 11) is 0. The Balaban J connectivity index is 1.68. The number of Topliss-reactive ketones (excluding diaryl/α,β-unsaturated/α-hetero) is 1. The quantitative estimate of drug-likeness (QED) is 0.485. The van der Waals surface area contributed by atoms with Crippen LogP contribution in [-0.2, 0) is 17.6 Å². The average molecular weight is 386 g/mol. The molecule has 3 rings (SSSR count). The zero-order chi connectivity index (χ0) is 20.0. The van der Waals surface area contributed by atoms with Crippen LogP contribution in [0.3, 0.4) is 0 Å². The Labute approximate surface area is 165 Å². The van der Waals surface area contributed by atoms with Gasteiger partial charge in [0, 0.05) is 19.3 Å². The van der Waals surface area contributed by atoms with E-state index in [1.807, 2.05) is 30.4 Å². The maximum Gasteiger partial charge on any atom is 0.305 e. The Morgan fingerprint density at radius 1 is 1.18 bits per heavy atom. The number of carbonyl (C=O) groups is 1. The topological polar surface area (TPSA) is 30.2 Å². The summed E-state index contributed by atoms with van der Waals surface area (Å²) in [4.78, 5) is 11.8. The first-order valence-corrected chi connectivity index (χ1v) is 10.2. The minimum atomic E-state index is -3.24. The normalized spacial score (nSPS) is 22.0. The molecule has 1 fully saturated rings. The van der Waals surface area contributed by atoms with Crippen LogP contribution < -0.4 is 0 Å². The average Bonchev–Trinajstić information content (AvgIpc) is 3.18. The van der Waals surface area contributed by atoms with Gasteiger partial charge in [0.15, 0.2) is 0 Å². The smallest absolute Gasteiger partial charge is 0.305 e. The highest BCUT2D eigenvalue weighted by atomic mass is 19.3. The number of unbranched alkanes of at least 4 members (excludes halogenated alkanes) is 2. The number of benzene rings is 1. The van der Waals surface area contributed by atoms with Gasteiger partial charge in [0.05, 0.1) is 6.26 Å². The molecule has 0 spiro atoms. The third-order valence-electron chi connectivity index (χ3n) is 5.58. The lowest BCUT2D eigenvalue weighted by Gasteiger charge is -2.33. The van der Waals surface area contributed by atoms with Crippen molar-refractivity contribution < 1.29 is 18.0 Å². The first-order valence-electron chi connectivity index (χ1n) is 10.2. The zero-order valence-corrected chi connectivity index (χ0v) is 16.4. The summed E-state index contributed by atoms with van der Waals surface area (Å²) >= 11 is 0. The molecular formula is C24H28F2O2. The molecule has 1 aromatic carbocycles. The van der Waals surface area contributed by atoms with Crippen LogP contribution in [0.5, 0.6) is 0 Å². The van der Waals surface area contributed by atoms with Crippen LogP contribution >= 0.6 is 0 Å². The van der Waals surface area contributed by atoms with Crippen LogP contribution in [0.1, 0.15) is 55.9 Å². The second-order valence-electron chi connectivity index (χ2n) is 7.80. The summed E-state index contributed by atoms with van der Waals surface area (Å²) in [5.41, 5.74) is 2.30. The molecule has 1 aromatic heterocycles. The van der Waals surface area contributed by atoms with Crippen molar-refractivity contribution in [3.05, 3.63) is 65.6 Å². The van der Waals surface area contributed by atoms with E-state index in [1.165, 1.54) is 24.8 Å². The van der Waals surface area contributed by atoms with Gasteiger partial charge in [-0.15, -0.1) is 0 Å². The molecule has 1 aliphatic carbocycles. The van der Waals surface area contributed by atoms with E-state index in [4.69, 9.17) is 4.42 Å². The summed E-state index contributed by atoms with van der Waals surface area (Å²) in [6.07, 6.45) is 9.97. The van der Waals surface area contributed by atoms with E-state index in [2.05, 4.69) is 19.1 Å². The number of allylic oxidation sites excluding steroid dienone is 1. The van der Waals surface area contributed by atoms with Gasteiger partial charge in [0.2, 0.25) is 5.78 Å². The molecule has 2 atom stereocenters. The lowest BCUT2D eigenvalue weighted by atomic mass is 9.74. The molecule has 0 saturated heterocycles. The summed E-state index contributed by atoms with van der Waals surface area (Å²) in [6, 6.07) is 11.9. The second kappa shape index (κ2) is 9.31. The molecule has 0 amide bonds. The van der Waals surface area contributed by atoms with Crippen molar-refractivity contribution in [2.24, 2.45) is 11.8 Å². The van der Waals surface area contributed by atoms with Gasteiger partial charge in [-0.05, 0) is 47.9 Å². The fourth-order valence-corrected chi connectivity index (χ4v) is 3.86. The van der Waals surface area contributed by atoms with Gasteiger partial charge in [0.25, 0.3) is 0 Å². The number of aryl methyl sites for hydroxylation is 1. The number of halogens is 2. The Morgan fingerprint density at radius 2 is 1.96 bits per heavy atom. The van der Waals surface area contributed by atoms with Gasteiger partial charge >= 0.3 is 5.92 Å². The molecule has 2 aromatic rings. The number of rotatable bonds is 8. The van der Waals surface area contributed by atoms with E-state index in [-0.39, 0.29) is 18.3 Å². The van der Waals surface area contributed by atoms with Crippen LogP contribution in [0, 0.1) is 11.8 Å². The van der Waals surface area contributed by atoms with Crippen LogP contribution in [-0.4, -0.2) is 11.7 Å². The predicted molar refractivity (Wildman–Crippen MR) is 107 cm³/mol. The van der Waals surface area contributed by atoms with Crippen molar-refractivity contribution in [3.8, 4) is 0 Å². The van der Waals surface area contributed by atoms with E-state index in [9.17, 15) is 13.6 Å². The molecular weight excluding hydrogens is 358 g/mol. The van der Waals surface area contributed by atoms with Crippen molar-refractivity contribution in [1.29, 1.82) is 0 Å². The first kappa shape index (κ1) is 20.5. The number of hydrogen-bond acceptors (Lipinski definition) is 2. The van der Waals surface area contributed by atoms with E-state index < -0.39 is 18.1 Å². The van der Waals surface area contributed by atoms with Gasteiger partial charge in [-0.2, -0.15) is 8.78 Å². The third-order valence-corrected chi connectivity index (χ3v) is 5.58. The molecule has 0 aliphatic heterocycles. The van der Waals surface area contributed by atoms with Crippen LogP contribution in [0.4, 0.5) is 8.78 Å². The summed E-state index contributed by atoms with van der Waals surface area (Å²) in [5.74, 6) is -3.98. The monoisotopic (exact) mass is 386 g/mol. The Morgan fingerprint density at radius 3 is 2.64 bits per heavy atom. The Kier molecular flexibility index (Phi) is 6.82. The lowest BCUT2D eigenvalue weighted by molar-refractivity contribution is -0.152. The largest absolute Gasteiger partial charge is 0.469 e.